The summed E-state index contributed by atoms with van der Waals surface area (Å²) in [7, 11) is 1.41. The molecule has 2 rings (SSSR count). The number of para-hydroxylation sites is 1. The van der Waals surface area contributed by atoms with Crippen molar-refractivity contribution in [2.75, 3.05) is 12.0 Å². The molecule has 0 bridgehead atoms. The van der Waals surface area contributed by atoms with Gasteiger partial charge >= 0.3 is 0 Å². The first kappa shape index (κ1) is 11.1. The number of rotatable bonds is 3. The lowest BCUT2D eigenvalue weighted by molar-refractivity contribution is -0.142. The first-order valence-corrected chi connectivity index (χ1v) is 5.14. The fourth-order valence-electron chi connectivity index (χ4n) is 1.78. The van der Waals surface area contributed by atoms with Crippen LogP contribution in [0.3, 0.4) is 0 Å². The van der Waals surface area contributed by atoms with Gasteiger partial charge in [0.25, 0.3) is 5.91 Å². The van der Waals surface area contributed by atoms with E-state index >= 15 is 0 Å². The molecule has 5 heteroatoms. The molecule has 1 aromatic carbocycles. The van der Waals surface area contributed by atoms with Gasteiger partial charge in [-0.1, -0.05) is 23.7 Å². The zero-order valence-electron chi connectivity index (χ0n) is 8.59. The van der Waals surface area contributed by atoms with Crippen molar-refractivity contribution in [3.05, 3.63) is 29.3 Å². The minimum Gasteiger partial charge on any atom is -0.369 e. The lowest BCUT2D eigenvalue weighted by atomic mass is 9.98. The fourth-order valence-corrected chi connectivity index (χ4v) is 2.01. The van der Waals surface area contributed by atoms with Crippen molar-refractivity contribution < 1.29 is 14.3 Å². The summed E-state index contributed by atoms with van der Waals surface area (Å²) in [5.41, 5.74) is 0.541. The largest absolute Gasteiger partial charge is 0.369 e. The van der Waals surface area contributed by atoms with Gasteiger partial charge in [0, 0.05) is 7.11 Å². The molecular formula is C11H10ClNO3. The number of β-lactam (4-membered cyclic amide) rings is 1. The Morgan fingerprint density at radius 2 is 2.12 bits per heavy atom. The van der Waals surface area contributed by atoms with Gasteiger partial charge in [0.1, 0.15) is 12.3 Å². The first-order chi connectivity index (χ1) is 7.70. The SMILES string of the molecule is CO[C@@H]1C(=O)N(c2ccccc2Cl)[C@@H]1C=O. The van der Waals surface area contributed by atoms with Crippen molar-refractivity contribution in [2.24, 2.45) is 0 Å². The van der Waals surface area contributed by atoms with E-state index in [4.69, 9.17) is 16.3 Å². The molecule has 1 saturated heterocycles. The third-order valence-corrected chi connectivity index (χ3v) is 2.91. The molecular weight excluding hydrogens is 230 g/mol. The molecule has 0 radical (unpaired) electrons. The van der Waals surface area contributed by atoms with E-state index < -0.39 is 12.1 Å². The lowest BCUT2D eigenvalue weighted by Gasteiger charge is -2.43. The van der Waals surface area contributed by atoms with E-state index in [-0.39, 0.29) is 5.91 Å². The highest BCUT2D eigenvalue weighted by atomic mass is 35.5. The lowest BCUT2D eigenvalue weighted by Crippen LogP contribution is -2.66. The third kappa shape index (κ3) is 1.50. The third-order valence-electron chi connectivity index (χ3n) is 2.59. The average molecular weight is 240 g/mol. The van der Waals surface area contributed by atoms with Gasteiger partial charge in [-0.15, -0.1) is 0 Å². The van der Waals surface area contributed by atoms with E-state index in [1.54, 1.807) is 24.3 Å². The maximum absolute atomic E-state index is 11.7. The van der Waals surface area contributed by atoms with Crippen LogP contribution in [-0.2, 0) is 14.3 Å². The van der Waals surface area contributed by atoms with Crippen molar-refractivity contribution >= 4 is 29.5 Å². The quantitative estimate of drug-likeness (QED) is 0.590. The van der Waals surface area contributed by atoms with Gasteiger partial charge in [0.05, 0.1) is 10.7 Å². The van der Waals surface area contributed by atoms with Gasteiger partial charge in [-0.25, -0.2) is 0 Å². The van der Waals surface area contributed by atoms with E-state index in [0.717, 1.165) is 0 Å². The molecule has 4 nitrogen and oxygen atoms in total. The van der Waals surface area contributed by atoms with Crippen molar-refractivity contribution in [3.63, 3.8) is 0 Å². The monoisotopic (exact) mass is 239 g/mol. The van der Waals surface area contributed by atoms with Gasteiger partial charge in [-0.2, -0.15) is 0 Å². The molecule has 0 unspecified atom stereocenters. The normalized spacial score (nSPS) is 24.1. The van der Waals surface area contributed by atoms with Crippen LogP contribution in [0.15, 0.2) is 24.3 Å². The second-order valence-electron chi connectivity index (χ2n) is 3.44. The number of hydrogen-bond acceptors (Lipinski definition) is 3. The van der Waals surface area contributed by atoms with Crippen LogP contribution < -0.4 is 4.90 Å². The molecule has 2 atom stereocenters. The molecule has 1 aromatic rings. The molecule has 16 heavy (non-hydrogen) atoms. The van der Waals surface area contributed by atoms with Gasteiger partial charge < -0.3 is 9.53 Å². The summed E-state index contributed by atoms with van der Waals surface area (Å²) in [4.78, 5) is 23.9. The number of carbonyl (C=O) groups excluding carboxylic acids is 2. The van der Waals surface area contributed by atoms with E-state index in [1.165, 1.54) is 12.0 Å². The van der Waals surface area contributed by atoms with E-state index in [9.17, 15) is 9.59 Å². The Balaban J connectivity index is 2.33. The van der Waals surface area contributed by atoms with E-state index in [2.05, 4.69) is 0 Å². The van der Waals surface area contributed by atoms with Gasteiger partial charge in [0.2, 0.25) is 0 Å². The number of methoxy groups -OCH3 is 1. The number of carbonyl (C=O) groups is 2. The molecule has 0 aromatic heterocycles. The van der Waals surface area contributed by atoms with Crippen molar-refractivity contribution in [1.29, 1.82) is 0 Å². The molecule has 1 aliphatic rings. The Hall–Kier alpha value is -1.39. The number of benzene rings is 1. The molecule has 0 aliphatic carbocycles. The number of anilines is 1. The molecule has 1 heterocycles. The number of aldehydes is 1. The molecule has 1 aliphatic heterocycles. The molecule has 0 saturated carbocycles. The van der Waals surface area contributed by atoms with Crippen LogP contribution in [0.5, 0.6) is 0 Å². The number of ether oxygens (including phenoxy) is 1. The maximum Gasteiger partial charge on any atom is 0.259 e. The summed E-state index contributed by atoms with van der Waals surface area (Å²) in [5, 5.41) is 0.442. The molecule has 0 spiro atoms. The van der Waals surface area contributed by atoms with Gasteiger partial charge in [-0.05, 0) is 12.1 Å². The zero-order chi connectivity index (χ0) is 11.7. The predicted octanol–water partition coefficient (Wildman–Crippen LogP) is 1.27. The Morgan fingerprint density at radius 3 is 2.69 bits per heavy atom. The summed E-state index contributed by atoms with van der Waals surface area (Å²) in [5.74, 6) is -0.243. The highest BCUT2D eigenvalue weighted by Gasteiger charge is 2.49. The number of amides is 1. The predicted molar refractivity (Wildman–Crippen MR) is 59.6 cm³/mol. The summed E-state index contributed by atoms with van der Waals surface area (Å²) >= 11 is 5.96. The number of halogens is 1. The summed E-state index contributed by atoms with van der Waals surface area (Å²) < 4.78 is 4.93. The minimum absolute atomic E-state index is 0.243. The van der Waals surface area contributed by atoms with E-state index in [0.29, 0.717) is 17.0 Å². The van der Waals surface area contributed by atoms with Crippen molar-refractivity contribution in [1.82, 2.24) is 0 Å². The van der Waals surface area contributed by atoms with Crippen LogP contribution in [0.4, 0.5) is 5.69 Å². The molecule has 84 valence electrons. The van der Waals surface area contributed by atoms with E-state index in [1.807, 2.05) is 0 Å². The minimum atomic E-state index is -0.686. The van der Waals surface area contributed by atoms with Crippen LogP contribution >= 0.6 is 11.6 Å². The van der Waals surface area contributed by atoms with Gasteiger partial charge in [-0.3, -0.25) is 9.69 Å². The molecule has 0 N–H and O–H groups in total. The summed E-state index contributed by atoms with van der Waals surface area (Å²) in [6.07, 6.45) is 0.00703. The number of hydrogen-bond donors (Lipinski definition) is 0. The second-order valence-corrected chi connectivity index (χ2v) is 3.85. The molecule has 1 amide bonds. The van der Waals surface area contributed by atoms with Crippen molar-refractivity contribution in [2.45, 2.75) is 12.1 Å². The van der Waals surface area contributed by atoms with Crippen molar-refractivity contribution in [3.8, 4) is 0 Å². The number of nitrogens with zero attached hydrogens (tertiary/aromatic N) is 1. The smallest absolute Gasteiger partial charge is 0.259 e. The Bertz CT molecular complexity index is 435. The average Bonchev–Trinajstić information content (AvgIpc) is 2.29. The Kier molecular flexibility index (Phi) is 2.94. The van der Waals surface area contributed by atoms with Crippen LogP contribution in [0, 0.1) is 0 Å². The Labute approximate surface area is 97.7 Å². The summed E-state index contributed by atoms with van der Waals surface area (Å²) in [6.45, 7) is 0. The van der Waals surface area contributed by atoms with Crippen LogP contribution in [-0.4, -0.2) is 31.4 Å². The Morgan fingerprint density at radius 1 is 1.44 bits per heavy atom. The first-order valence-electron chi connectivity index (χ1n) is 4.76. The van der Waals surface area contributed by atoms with Crippen LogP contribution in [0.25, 0.3) is 0 Å². The standard InChI is InChI=1S/C11H10ClNO3/c1-16-10-9(6-14)13(11(10)15)8-5-3-2-4-7(8)12/h2-6,9-10H,1H3/t9-,10+/m1/s1. The topological polar surface area (TPSA) is 46.6 Å². The van der Waals surface area contributed by atoms with Crippen LogP contribution in [0.2, 0.25) is 5.02 Å². The summed E-state index contributed by atoms with van der Waals surface area (Å²) in [6, 6.07) is 6.31. The highest BCUT2D eigenvalue weighted by molar-refractivity contribution is 6.34. The van der Waals surface area contributed by atoms with Crippen LogP contribution in [0.1, 0.15) is 0 Å². The molecule has 1 fully saturated rings. The second kappa shape index (κ2) is 4.23. The fraction of sp³-hybridized carbons (Fsp3) is 0.273. The maximum atomic E-state index is 11.7. The highest BCUT2D eigenvalue weighted by Crippen LogP contribution is 2.33. The van der Waals surface area contributed by atoms with Gasteiger partial charge in [0.15, 0.2) is 6.10 Å². The zero-order valence-corrected chi connectivity index (χ0v) is 9.35.